The molecule has 2 aromatic heterocycles. The fourth-order valence-electron chi connectivity index (χ4n) is 3.01. The zero-order valence-corrected chi connectivity index (χ0v) is 17.2. The number of aromatic nitrogens is 2. The fraction of sp³-hybridized carbons (Fsp3) is 0.100. The Hall–Kier alpha value is -2.40. The smallest absolute Gasteiger partial charge is 0.418 e. The van der Waals surface area contributed by atoms with E-state index in [-0.39, 0.29) is 15.3 Å². The SMILES string of the molecule is Cn1c(=[As]c2ccc3ccccc3[n+]2C)ccc2ccccc21.F[B-](F)(F)F. The predicted octanol–water partition coefficient (Wildman–Crippen LogP) is 4.02. The third-order valence-corrected chi connectivity index (χ3v) is 7.18. The van der Waals surface area contributed by atoms with Crippen LogP contribution in [0.5, 0.6) is 0 Å². The first-order valence-electron chi connectivity index (χ1n) is 8.59. The fourth-order valence-corrected chi connectivity index (χ4v) is 5.21. The summed E-state index contributed by atoms with van der Waals surface area (Å²) < 4.78 is 46.5. The maximum absolute atomic E-state index is 9.75. The van der Waals surface area contributed by atoms with Crippen molar-refractivity contribution in [3.05, 3.63) is 76.9 Å². The summed E-state index contributed by atoms with van der Waals surface area (Å²) in [6.45, 7) is 0. The van der Waals surface area contributed by atoms with E-state index in [0.717, 1.165) is 0 Å². The molecule has 0 saturated heterocycles. The molecule has 0 spiro atoms. The summed E-state index contributed by atoms with van der Waals surface area (Å²) in [5.41, 5.74) is 2.59. The first kappa shape index (κ1) is 20.3. The molecule has 0 aliphatic rings. The summed E-state index contributed by atoms with van der Waals surface area (Å²) in [6, 6.07) is 26.2. The Balaban J connectivity index is 0.000000403. The van der Waals surface area contributed by atoms with Gasteiger partial charge < -0.3 is 17.3 Å². The second-order valence-electron chi connectivity index (χ2n) is 6.23. The summed E-state index contributed by atoms with van der Waals surface area (Å²) in [4.78, 5) is 0. The van der Waals surface area contributed by atoms with E-state index >= 15 is 0 Å². The van der Waals surface area contributed by atoms with E-state index in [0.29, 0.717) is 0 Å². The van der Waals surface area contributed by atoms with E-state index in [2.05, 4.69) is 96.0 Å². The molecule has 0 N–H and O–H groups in total. The molecule has 0 unspecified atom stereocenters. The molecule has 4 rings (SSSR count). The molecule has 2 heterocycles. The van der Waals surface area contributed by atoms with Crippen LogP contribution in [0, 0.1) is 4.08 Å². The van der Waals surface area contributed by atoms with Crippen LogP contribution in [-0.4, -0.2) is 27.1 Å². The van der Waals surface area contributed by atoms with Crippen molar-refractivity contribution in [1.82, 2.24) is 4.57 Å². The molecule has 0 aliphatic carbocycles. The standard InChI is InChI=1S/C20H18AsN2.BF4/c1-22-17-9-5-3-7-15(17)11-13-19(22)21-20-14-12-16-8-4-6-10-18(16)23(20)2;2-1(3,4)5/h3-14H,1-2H3;/q+1;-1. The topological polar surface area (TPSA) is 8.81 Å². The maximum atomic E-state index is 9.75. The van der Waals surface area contributed by atoms with Gasteiger partial charge in [0.05, 0.1) is 0 Å². The van der Waals surface area contributed by atoms with E-state index in [1.165, 1.54) is 30.4 Å². The zero-order valence-electron chi connectivity index (χ0n) is 15.4. The number of aryl methyl sites for hydroxylation is 2. The Morgan fingerprint density at radius 2 is 1.36 bits per heavy atom. The van der Waals surface area contributed by atoms with Gasteiger partial charge >= 0.3 is 149 Å². The van der Waals surface area contributed by atoms with Crippen LogP contribution < -0.4 is 9.05 Å². The normalized spacial score (nSPS) is 12.1. The predicted molar refractivity (Wildman–Crippen MR) is 107 cm³/mol. The van der Waals surface area contributed by atoms with Gasteiger partial charge in [-0.3, -0.25) is 0 Å². The average Bonchev–Trinajstić information content (AvgIpc) is 2.65. The molecule has 0 radical (unpaired) electrons. The number of fused-ring (bicyclic) bond motifs is 2. The van der Waals surface area contributed by atoms with Crippen LogP contribution in [0.3, 0.4) is 0 Å². The molecule has 0 bridgehead atoms. The third-order valence-electron chi connectivity index (χ3n) is 4.34. The number of benzene rings is 2. The molecule has 8 heteroatoms. The van der Waals surface area contributed by atoms with Gasteiger partial charge in [-0.2, -0.15) is 0 Å². The average molecular weight is 448 g/mol. The van der Waals surface area contributed by atoms with Gasteiger partial charge in [-0.15, -0.1) is 0 Å². The van der Waals surface area contributed by atoms with Crippen LogP contribution in [0.1, 0.15) is 0 Å². The second-order valence-corrected chi connectivity index (χ2v) is 8.62. The molecule has 28 heavy (non-hydrogen) atoms. The Morgan fingerprint density at radius 3 is 2.07 bits per heavy atom. The van der Waals surface area contributed by atoms with Crippen LogP contribution in [-0.2, 0) is 14.1 Å². The van der Waals surface area contributed by atoms with Gasteiger partial charge in [0.2, 0.25) is 0 Å². The minimum atomic E-state index is -6.00. The number of hydrogen-bond donors (Lipinski definition) is 0. The van der Waals surface area contributed by atoms with Crippen LogP contribution in [0.2, 0.25) is 0 Å². The summed E-state index contributed by atoms with van der Waals surface area (Å²) in [6.07, 6.45) is 0. The largest absolute Gasteiger partial charge is 0.673 e. The third kappa shape index (κ3) is 4.90. The van der Waals surface area contributed by atoms with Crippen molar-refractivity contribution in [2.75, 3.05) is 0 Å². The van der Waals surface area contributed by atoms with Gasteiger partial charge in [0.15, 0.2) is 0 Å². The molecular formula is C20H18AsBF4N2. The number of nitrogens with zero attached hydrogens (tertiary/aromatic N) is 2. The summed E-state index contributed by atoms with van der Waals surface area (Å²) >= 11 is -0.0675. The van der Waals surface area contributed by atoms with Gasteiger partial charge in [-0.1, -0.05) is 0 Å². The van der Waals surface area contributed by atoms with E-state index in [4.69, 9.17) is 0 Å². The van der Waals surface area contributed by atoms with Crippen molar-refractivity contribution < 1.29 is 21.8 Å². The molecule has 144 valence electrons. The minimum Gasteiger partial charge on any atom is -0.418 e. The van der Waals surface area contributed by atoms with E-state index in [9.17, 15) is 17.3 Å². The van der Waals surface area contributed by atoms with Gasteiger partial charge in [0, 0.05) is 0 Å². The van der Waals surface area contributed by atoms with Gasteiger partial charge in [0.1, 0.15) is 0 Å². The van der Waals surface area contributed by atoms with E-state index in [1.807, 2.05) is 0 Å². The van der Waals surface area contributed by atoms with Crippen LogP contribution >= 0.6 is 0 Å². The molecule has 0 saturated carbocycles. The van der Waals surface area contributed by atoms with Gasteiger partial charge in [0.25, 0.3) is 0 Å². The molecule has 0 atom stereocenters. The van der Waals surface area contributed by atoms with E-state index in [1.54, 1.807) is 0 Å². The Kier molecular flexibility index (Phi) is 6.04. The summed E-state index contributed by atoms with van der Waals surface area (Å²) in [5, 5.41) is 2.59. The molecule has 0 amide bonds. The molecule has 0 fully saturated rings. The molecule has 4 aromatic rings. The molecular weight excluding hydrogens is 430 g/mol. The quantitative estimate of drug-likeness (QED) is 0.237. The second kappa shape index (κ2) is 8.31. The first-order chi connectivity index (χ1) is 13.2. The Morgan fingerprint density at radius 1 is 0.786 bits per heavy atom. The van der Waals surface area contributed by atoms with Crippen molar-refractivity contribution >= 4 is 48.9 Å². The number of hydrogen-bond acceptors (Lipinski definition) is 0. The van der Waals surface area contributed by atoms with E-state index < -0.39 is 7.25 Å². The van der Waals surface area contributed by atoms with Crippen molar-refractivity contribution in [3.63, 3.8) is 0 Å². The Labute approximate surface area is 166 Å². The zero-order chi connectivity index (χ0) is 20.3. The van der Waals surface area contributed by atoms with Crippen molar-refractivity contribution in [2.24, 2.45) is 14.1 Å². The number of halogens is 4. The molecule has 0 aliphatic heterocycles. The van der Waals surface area contributed by atoms with Crippen molar-refractivity contribution in [2.45, 2.75) is 0 Å². The van der Waals surface area contributed by atoms with Gasteiger partial charge in [-0.25, -0.2) is 0 Å². The summed E-state index contributed by atoms with van der Waals surface area (Å²) in [7, 11) is -1.65. The Bertz CT molecular complexity index is 1200. The van der Waals surface area contributed by atoms with Crippen LogP contribution in [0.15, 0.2) is 72.8 Å². The van der Waals surface area contributed by atoms with Gasteiger partial charge in [-0.05, 0) is 0 Å². The maximum Gasteiger partial charge on any atom is 0.673 e. The van der Waals surface area contributed by atoms with Crippen LogP contribution in [0.4, 0.5) is 17.3 Å². The summed E-state index contributed by atoms with van der Waals surface area (Å²) in [5.74, 6) is 0. The monoisotopic (exact) mass is 448 g/mol. The minimum absolute atomic E-state index is 0.0675. The molecule has 2 nitrogen and oxygen atoms in total. The number of rotatable bonds is 1. The van der Waals surface area contributed by atoms with Crippen molar-refractivity contribution in [1.29, 1.82) is 0 Å². The molecule has 2 aromatic carbocycles. The first-order valence-corrected chi connectivity index (χ1v) is 10.5. The number of pyridine rings is 2. The number of para-hydroxylation sites is 2. The van der Waals surface area contributed by atoms with Crippen LogP contribution in [0.25, 0.3) is 21.8 Å². The van der Waals surface area contributed by atoms with Crippen molar-refractivity contribution in [3.8, 4) is 0 Å².